The molecule has 0 unspecified atom stereocenters. The van der Waals surface area contributed by atoms with Gasteiger partial charge in [0.25, 0.3) is 0 Å². The largest absolute Gasteiger partial charge is 0.497 e. The van der Waals surface area contributed by atoms with Crippen LogP contribution in [0, 0.1) is 35.2 Å². The van der Waals surface area contributed by atoms with Gasteiger partial charge in [0, 0.05) is 88.5 Å². The molecule has 11 aromatic rings. The van der Waals surface area contributed by atoms with Crippen LogP contribution in [0.4, 0.5) is 24.5 Å². The Kier molecular flexibility index (Phi) is 22.2. The van der Waals surface area contributed by atoms with Crippen LogP contribution in [0.2, 0.25) is 0 Å². The van der Waals surface area contributed by atoms with Crippen LogP contribution in [-0.4, -0.2) is 105 Å². The summed E-state index contributed by atoms with van der Waals surface area (Å²) >= 11 is 3.42. The zero-order valence-corrected chi connectivity index (χ0v) is 58.9. The molecule has 528 valence electrons. The maximum absolute atomic E-state index is 13.4. The number of nitrogens with two attached hydrogens (primary N) is 2. The summed E-state index contributed by atoms with van der Waals surface area (Å²) in [5.74, 6) is 3.59. The Morgan fingerprint density at radius 3 is 1.29 bits per heavy atom. The molecule has 8 aromatic carbocycles. The first-order valence-corrected chi connectivity index (χ1v) is 35.8. The van der Waals surface area contributed by atoms with E-state index in [0.29, 0.717) is 43.7 Å². The second-order valence-corrected chi connectivity index (χ2v) is 28.0. The van der Waals surface area contributed by atoms with Gasteiger partial charge in [0.1, 0.15) is 29.0 Å². The number of carbonyl (C=O) groups is 3. The zero-order chi connectivity index (χ0) is 71.0. The standard InChI is InChI=1S/C29H29FN4O2.C21H21FN4O.C16H22N2O2.C13H8BrFN2.CH5N/c1-36-25-11-4-20(5-12-25)17-31-26-16-29(35)33(28(26)14-19-2-3-19)24-10-13-27-21(15-24)18-32-34(27)23-8-6-22(30)7-9-23;22-15-3-5-16(6-4-15)26-19-8-7-17(10-14(19)12-24-26)25-20(9-13-1-2-13)18(23)11-21(25)27;1-20-13-6-4-12(5-7-13)10-17-14-9-16(19)18-15(14)8-11-2-3-11;14-10-1-6-13-9(7-10)8-16-17(13)12-4-2-11(15)3-5-12;1-2/h4-13,15,18-19,26,28,31H,2-3,14,16-17H2,1H3;3-8,10,12-13,18,20H,1-2,9,11,23H2;4-7,11,14-15,17H,2-3,8-10H2,1H3,(H,18,19);1-8H;2H2,1H3/t26-,28-;18-,20-;14-,15-;;/m111../s1. The van der Waals surface area contributed by atoms with Crippen LogP contribution in [0.25, 0.3) is 49.8 Å². The van der Waals surface area contributed by atoms with Crippen LogP contribution >= 0.6 is 15.9 Å². The Labute approximate surface area is 599 Å². The molecule has 3 aliphatic heterocycles. The fourth-order valence-corrected chi connectivity index (χ4v) is 14.3. The Hall–Kier alpha value is -9.71. The number of carbonyl (C=O) groups excluding carboxylic acids is 3. The molecule has 22 heteroatoms. The van der Waals surface area contributed by atoms with Crippen LogP contribution in [0.5, 0.6) is 11.5 Å². The molecule has 3 amide bonds. The highest BCUT2D eigenvalue weighted by molar-refractivity contribution is 9.10. The van der Waals surface area contributed by atoms with Crippen molar-refractivity contribution in [2.75, 3.05) is 31.1 Å². The smallest absolute Gasteiger partial charge is 0.228 e. The summed E-state index contributed by atoms with van der Waals surface area (Å²) in [6, 6.07) is 53.6. The molecule has 6 atom stereocenters. The summed E-state index contributed by atoms with van der Waals surface area (Å²) in [5.41, 5.74) is 20.2. The van der Waals surface area contributed by atoms with Crippen LogP contribution in [-0.2, 0) is 27.5 Å². The first-order chi connectivity index (χ1) is 49.7. The SMILES string of the molecule is CN.COc1ccc(CN[C@@H]2CC(=O)N(c3ccc4c(cnn4-c4ccc(F)cc4)c3)[C@@H]2CC2CC2)cc1.COc1ccc(CN[C@@H]2CC(=O)N[C@@H]2CC2CC2)cc1.Fc1ccc(-n2ncc3cc(Br)ccc32)cc1.N[C@@H]1CC(=O)N(c2ccc3c(cnn3-c3ccc(F)cc3)c2)[C@@H]1CC1CC1. The van der Waals surface area contributed by atoms with Gasteiger partial charge in [-0.3, -0.25) is 14.4 Å². The first kappa shape index (κ1) is 70.7. The number of rotatable bonds is 19. The van der Waals surface area contributed by atoms with Gasteiger partial charge in [-0.25, -0.2) is 27.2 Å². The number of anilines is 2. The molecule has 0 bridgehead atoms. The maximum atomic E-state index is 13.4. The Balaban J connectivity index is 0.000000125. The molecule has 18 nitrogen and oxygen atoms in total. The molecule has 6 fully saturated rings. The third kappa shape index (κ3) is 17.1. The average molecular weight is 1450 g/mol. The number of hydrogen-bond donors (Lipinski definition) is 5. The second-order valence-electron chi connectivity index (χ2n) is 27.1. The number of methoxy groups -OCH3 is 2. The molecule has 3 saturated heterocycles. The lowest BCUT2D eigenvalue weighted by Gasteiger charge is -2.29. The minimum absolute atomic E-state index is 0.0783. The van der Waals surface area contributed by atoms with E-state index >= 15 is 0 Å². The lowest BCUT2D eigenvalue weighted by Crippen LogP contribution is -2.43. The molecule has 7 N–H and O–H groups in total. The van der Waals surface area contributed by atoms with E-state index in [-0.39, 0.29) is 65.4 Å². The first-order valence-electron chi connectivity index (χ1n) is 35.0. The average Bonchev–Trinajstić information content (AvgIpc) is 1.63. The third-order valence-corrected chi connectivity index (χ3v) is 20.4. The quantitative estimate of drug-likeness (QED) is 0.0511. The fourth-order valence-electron chi connectivity index (χ4n) is 14.0. The monoisotopic (exact) mass is 1440 g/mol. The molecule has 102 heavy (non-hydrogen) atoms. The van der Waals surface area contributed by atoms with Crippen LogP contribution in [0.1, 0.15) is 88.2 Å². The summed E-state index contributed by atoms with van der Waals surface area (Å²) in [7, 11) is 4.84. The van der Waals surface area contributed by atoms with Crippen LogP contribution < -0.4 is 46.7 Å². The summed E-state index contributed by atoms with van der Waals surface area (Å²) in [4.78, 5) is 41.4. The normalized spacial score (nSPS) is 19.9. The van der Waals surface area contributed by atoms with Crippen molar-refractivity contribution in [3.05, 3.63) is 228 Å². The highest BCUT2D eigenvalue weighted by Gasteiger charge is 2.44. The van der Waals surface area contributed by atoms with Crippen LogP contribution in [0.15, 0.2) is 199 Å². The van der Waals surface area contributed by atoms with Crippen molar-refractivity contribution < 1.29 is 37.0 Å². The molecule has 3 aliphatic carbocycles. The number of nitrogens with one attached hydrogen (secondary N) is 3. The van der Waals surface area contributed by atoms with E-state index in [9.17, 15) is 27.6 Å². The highest BCUT2D eigenvalue weighted by atomic mass is 79.9. The number of aromatic nitrogens is 6. The van der Waals surface area contributed by atoms with Gasteiger partial charge < -0.3 is 46.7 Å². The number of benzene rings is 8. The molecule has 0 radical (unpaired) electrons. The molecule has 17 rings (SSSR count). The van der Waals surface area contributed by atoms with Crippen molar-refractivity contribution >= 4 is 77.7 Å². The fraction of sp³-hybridized carbons (Fsp3) is 0.325. The molecule has 3 saturated carbocycles. The predicted octanol–water partition coefficient (Wildman–Crippen LogP) is 14.0. The molecular formula is C80H85BrF3N13O5. The predicted molar refractivity (Wildman–Crippen MR) is 396 cm³/mol. The van der Waals surface area contributed by atoms with Gasteiger partial charge in [-0.05, 0) is 207 Å². The van der Waals surface area contributed by atoms with Crippen molar-refractivity contribution in [3.63, 3.8) is 0 Å². The summed E-state index contributed by atoms with van der Waals surface area (Å²) in [5, 5.41) is 26.5. The lowest BCUT2D eigenvalue weighted by atomic mass is 10.0. The van der Waals surface area contributed by atoms with Gasteiger partial charge >= 0.3 is 0 Å². The van der Waals surface area contributed by atoms with E-state index in [4.69, 9.17) is 15.2 Å². The van der Waals surface area contributed by atoms with Crippen LogP contribution in [0.3, 0.4) is 0 Å². The van der Waals surface area contributed by atoms with E-state index in [2.05, 4.69) is 77.2 Å². The lowest BCUT2D eigenvalue weighted by molar-refractivity contribution is -0.119. The number of fused-ring (bicyclic) bond motifs is 3. The summed E-state index contributed by atoms with van der Waals surface area (Å²) < 4.78 is 56.2. The Morgan fingerprint density at radius 2 is 0.853 bits per heavy atom. The molecule has 0 spiro atoms. The topological polar surface area (TPSA) is 218 Å². The van der Waals surface area contributed by atoms with Crippen molar-refractivity contribution in [3.8, 4) is 28.6 Å². The third-order valence-electron chi connectivity index (χ3n) is 19.9. The van der Waals surface area contributed by atoms with E-state index in [1.54, 1.807) is 83.3 Å². The van der Waals surface area contributed by atoms with Gasteiger partial charge in [0.2, 0.25) is 17.7 Å². The number of nitrogens with zero attached hydrogens (tertiary/aromatic N) is 8. The molecule has 6 aliphatic rings. The van der Waals surface area contributed by atoms with E-state index in [1.807, 2.05) is 88.7 Å². The van der Waals surface area contributed by atoms with E-state index in [0.717, 1.165) is 109 Å². The molecule has 3 aromatic heterocycles. The van der Waals surface area contributed by atoms with Crippen molar-refractivity contribution in [1.82, 2.24) is 45.3 Å². The zero-order valence-electron chi connectivity index (χ0n) is 57.4. The number of hydrogen-bond acceptors (Lipinski definition) is 12. The van der Waals surface area contributed by atoms with Crippen molar-refractivity contribution in [2.45, 2.75) is 126 Å². The molecular weight excluding hydrogens is 1360 g/mol. The maximum Gasteiger partial charge on any atom is 0.228 e. The Morgan fingerprint density at radius 1 is 0.471 bits per heavy atom. The molecule has 6 heterocycles. The van der Waals surface area contributed by atoms with E-state index < -0.39 is 0 Å². The minimum Gasteiger partial charge on any atom is -0.497 e. The van der Waals surface area contributed by atoms with Gasteiger partial charge in [0.15, 0.2) is 0 Å². The van der Waals surface area contributed by atoms with E-state index in [1.165, 1.54) is 93.1 Å². The van der Waals surface area contributed by atoms with Crippen molar-refractivity contribution in [2.24, 2.45) is 29.2 Å². The summed E-state index contributed by atoms with van der Waals surface area (Å²) in [6.45, 7) is 1.51. The highest BCUT2D eigenvalue weighted by Crippen LogP contribution is 2.42. The van der Waals surface area contributed by atoms with Crippen molar-refractivity contribution in [1.29, 1.82) is 0 Å². The minimum atomic E-state index is -0.276. The number of halogens is 4. The Bertz CT molecular complexity index is 4680. The van der Waals surface area contributed by atoms with Gasteiger partial charge in [0.05, 0.1) is 78.5 Å². The number of ether oxygens (including phenoxy) is 2. The van der Waals surface area contributed by atoms with Gasteiger partial charge in [-0.15, -0.1) is 0 Å². The van der Waals surface area contributed by atoms with Gasteiger partial charge in [-0.1, -0.05) is 78.7 Å². The summed E-state index contributed by atoms with van der Waals surface area (Å²) in [6.07, 6.45) is 17.6. The van der Waals surface area contributed by atoms with Gasteiger partial charge in [-0.2, -0.15) is 15.3 Å². The number of amides is 3. The second kappa shape index (κ2) is 32.1.